The molecule has 0 aliphatic heterocycles. The van der Waals surface area contributed by atoms with E-state index in [1.165, 1.54) is 28.5 Å². The van der Waals surface area contributed by atoms with E-state index in [4.69, 9.17) is 5.73 Å². The number of alkyl halides is 3. The summed E-state index contributed by atoms with van der Waals surface area (Å²) in [6, 6.07) is 4.87. The minimum absolute atomic E-state index is 0.0402. The van der Waals surface area contributed by atoms with Gasteiger partial charge < -0.3 is 10.8 Å². The molecule has 5 nitrogen and oxygen atoms in total. The van der Waals surface area contributed by atoms with Gasteiger partial charge in [0.15, 0.2) is 11.0 Å². The Bertz CT molecular complexity index is 642. The van der Waals surface area contributed by atoms with E-state index in [-0.39, 0.29) is 12.2 Å². The second-order valence-electron chi connectivity index (χ2n) is 4.65. The van der Waals surface area contributed by atoms with Crippen molar-refractivity contribution in [2.45, 2.75) is 30.9 Å². The molecule has 0 saturated heterocycles. The molecule has 22 heavy (non-hydrogen) atoms. The molecule has 2 rings (SSSR count). The number of hydrogen-bond donors (Lipinski definition) is 2. The molecule has 2 aromatic rings. The van der Waals surface area contributed by atoms with E-state index in [2.05, 4.69) is 10.2 Å². The number of nitrogens with zero attached hydrogens (tertiary/aromatic N) is 3. The van der Waals surface area contributed by atoms with E-state index in [9.17, 15) is 18.3 Å². The lowest BCUT2D eigenvalue weighted by Gasteiger charge is -2.12. The molecule has 0 bridgehead atoms. The van der Waals surface area contributed by atoms with Crippen molar-refractivity contribution in [2.24, 2.45) is 5.73 Å². The molecule has 3 N–H and O–H groups in total. The fourth-order valence-corrected chi connectivity index (χ4v) is 2.63. The molecule has 0 amide bonds. The van der Waals surface area contributed by atoms with E-state index in [0.717, 1.165) is 12.1 Å². The number of hydrogen-bond acceptors (Lipinski definition) is 5. The Kier molecular flexibility index (Phi) is 5.09. The lowest BCUT2D eigenvalue weighted by Crippen LogP contribution is -2.11. The highest BCUT2D eigenvalue weighted by Gasteiger charge is 2.31. The molecule has 0 saturated carbocycles. The summed E-state index contributed by atoms with van der Waals surface area (Å²) in [5, 5.41) is 17.5. The third-order valence-electron chi connectivity index (χ3n) is 2.77. The van der Waals surface area contributed by atoms with E-state index >= 15 is 0 Å². The Labute approximate surface area is 129 Å². The molecule has 0 aliphatic rings. The van der Waals surface area contributed by atoms with Crippen molar-refractivity contribution in [3.05, 3.63) is 35.7 Å². The zero-order valence-electron chi connectivity index (χ0n) is 11.7. The Hall–Kier alpha value is -1.58. The van der Waals surface area contributed by atoms with E-state index in [0.29, 0.717) is 16.7 Å². The number of aliphatic hydroxyl groups excluding tert-OH is 1. The first kappa shape index (κ1) is 16.8. The van der Waals surface area contributed by atoms with Crippen LogP contribution >= 0.6 is 11.8 Å². The van der Waals surface area contributed by atoms with Crippen LogP contribution in [0.4, 0.5) is 13.2 Å². The number of nitrogens with two attached hydrogens (primary N) is 1. The summed E-state index contributed by atoms with van der Waals surface area (Å²) >= 11 is 1.20. The molecule has 1 unspecified atom stereocenters. The summed E-state index contributed by atoms with van der Waals surface area (Å²) in [5.41, 5.74) is 5.11. The molecule has 120 valence electrons. The number of aliphatic hydroxyl groups is 1. The molecular formula is C13H15F3N4OS. The number of benzene rings is 1. The first-order valence-electron chi connectivity index (χ1n) is 6.45. The summed E-state index contributed by atoms with van der Waals surface area (Å²) in [6.07, 6.45) is -5.00. The van der Waals surface area contributed by atoms with Crippen molar-refractivity contribution in [1.29, 1.82) is 0 Å². The van der Waals surface area contributed by atoms with Crippen LogP contribution in [-0.2, 0) is 12.7 Å². The summed E-state index contributed by atoms with van der Waals surface area (Å²) in [5.74, 6) is 0.703. The number of halogens is 3. The first-order valence-corrected chi connectivity index (χ1v) is 7.44. The predicted octanol–water partition coefficient (Wildman–Crippen LogP) is 2.22. The number of thioether (sulfide) groups is 1. The maximum atomic E-state index is 12.8. The Morgan fingerprint density at radius 1 is 1.36 bits per heavy atom. The highest BCUT2D eigenvalue weighted by molar-refractivity contribution is 7.99. The first-order chi connectivity index (χ1) is 10.3. The molecule has 1 heterocycles. The Morgan fingerprint density at radius 3 is 2.68 bits per heavy atom. The minimum Gasteiger partial charge on any atom is -0.393 e. The van der Waals surface area contributed by atoms with Crippen LogP contribution in [0.15, 0.2) is 29.4 Å². The van der Waals surface area contributed by atoms with Gasteiger partial charge in [-0.05, 0) is 25.1 Å². The highest BCUT2D eigenvalue weighted by atomic mass is 32.2. The molecule has 9 heteroatoms. The maximum Gasteiger partial charge on any atom is 0.416 e. The Morgan fingerprint density at radius 2 is 2.09 bits per heavy atom. The zero-order valence-corrected chi connectivity index (χ0v) is 12.5. The Balaban J connectivity index is 2.44. The lowest BCUT2D eigenvalue weighted by molar-refractivity contribution is -0.137. The van der Waals surface area contributed by atoms with E-state index in [1.54, 1.807) is 6.92 Å². The quantitative estimate of drug-likeness (QED) is 0.821. The van der Waals surface area contributed by atoms with Gasteiger partial charge in [-0.2, -0.15) is 13.2 Å². The molecule has 0 aliphatic carbocycles. The van der Waals surface area contributed by atoms with Crippen LogP contribution in [0.2, 0.25) is 0 Å². The second kappa shape index (κ2) is 6.67. The van der Waals surface area contributed by atoms with Gasteiger partial charge in [0.2, 0.25) is 0 Å². The SMILES string of the molecule is CC(O)CSc1nnc(CN)n1-c1cccc(C(F)(F)F)c1. The van der Waals surface area contributed by atoms with E-state index < -0.39 is 17.8 Å². The van der Waals surface area contributed by atoms with Crippen LogP contribution in [0, 0.1) is 0 Å². The fraction of sp³-hybridized carbons (Fsp3) is 0.385. The van der Waals surface area contributed by atoms with Gasteiger partial charge in [-0.15, -0.1) is 10.2 Å². The third-order valence-corrected chi connectivity index (χ3v) is 3.94. The van der Waals surface area contributed by atoms with E-state index in [1.807, 2.05) is 0 Å². The summed E-state index contributed by atoms with van der Waals surface area (Å²) in [4.78, 5) is 0. The van der Waals surface area contributed by atoms with Crippen molar-refractivity contribution >= 4 is 11.8 Å². The predicted molar refractivity (Wildman–Crippen MR) is 76.7 cm³/mol. The van der Waals surface area contributed by atoms with Gasteiger partial charge in [-0.1, -0.05) is 17.8 Å². The van der Waals surface area contributed by atoms with Gasteiger partial charge in [-0.3, -0.25) is 4.57 Å². The molecule has 0 fully saturated rings. The lowest BCUT2D eigenvalue weighted by atomic mass is 10.2. The van der Waals surface area contributed by atoms with Crippen molar-refractivity contribution in [3.63, 3.8) is 0 Å². The van der Waals surface area contributed by atoms with Gasteiger partial charge in [0.05, 0.1) is 23.9 Å². The third kappa shape index (κ3) is 3.79. The fourth-order valence-electron chi connectivity index (χ4n) is 1.80. The second-order valence-corrected chi connectivity index (χ2v) is 5.63. The molecular weight excluding hydrogens is 317 g/mol. The molecule has 0 spiro atoms. The number of aromatic nitrogens is 3. The van der Waals surface area contributed by atoms with Gasteiger partial charge in [0.1, 0.15) is 0 Å². The summed E-state index contributed by atoms with van der Waals surface area (Å²) in [7, 11) is 0. The van der Waals surface area contributed by atoms with Gasteiger partial charge >= 0.3 is 6.18 Å². The van der Waals surface area contributed by atoms with Crippen LogP contribution in [0.3, 0.4) is 0 Å². The average molecular weight is 332 g/mol. The molecule has 1 atom stereocenters. The normalized spacial score (nSPS) is 13.4. The van der Waals surface area contributed by atoms with Crippen LogP contribution in [-0.4, -0.2) is 31.7 Å². The zero-order chi connectivity index (χ0) is 16.3. The number of rotatable bonds is 5. The summed E-state index contributed by atoms with van der Waals surface area (Å²) < 4.78 is 40.0. The molecule has 1 aromatic heterocycles. The van der Waals surface area contributed by atoms with Crippen LogP contribution in [0.25, 0.3) is 5.69 Å². The maximum absolute atomic E-state index is 12.8. The van der Waals surface area contributed by atoms with Gasteiger partial charge in [0.25, 0.3) is 0 Å². The molecule has 1 aromatic carbocycles. The topological polar surface area (TPSA) is 77.0 Å². The summed E-state index contributed by atoms with van der Waals surface area (Å²) in [6.45, 7) is 1.65. The average Bonchev–Trinajstić information content (AvgIpc) is 2.87. The molecule has 0 radical (unpaired) electrons. The van der Waals surface area contributed by atoms with Crippen molar-refractivity contribution in [1.82, 2.24) is 14.8 Å². The van der Waals surface area contributed by atoms with Crippen molar-refractivity contribution < 1.29 is 18.3 Å². The van der Waals surface area contributed by atoms with Gasteiger partial charge in [-0.25, -0.2) is 0 Å². The minimum atomic E-state index is -4.43. The van der Waals surface area contributed by atoms with Gasteiger partial charge in [0, 0.05) is 5.75 Å². The highest BCUT2D eigenvalue weighted by Crippen LogP contribution is 2.31. The monoisotopic (exact) mass is 332 g/mol. The smallest absolute Gasteiger partial charge is 0.393 e. The largest absolute Gasteiger partial charge is 0.416 e. The standard InChI is InChI=1S/C13H15F3N4OS/c1-8(21)7-22-12-19-18-11(6-17)20(12)10-4-2-3-9(5-10)13(14,15)16/h2-5,8,21H,6-7,17H2,1H3. The van der Waals surface area contributed by atoms with Crippen molar-refractivity contribution in [3.8, 4) is 5.69 Å². The van der Waals surface area contributed by atoms with Crippen LogP contribution in [0.1, 0.15) is 18.3 Å². The van der Waals surface area contributed by atoms with Crippen molar-refractivity contribution in [2.75, 3.05) is 5.75 Å². The van der Waals surface area contributed by atoms with Crippen LogP contribution < -0.4 is 5.73 Å². The van der Waals surface area contributed by atoms with Crippen LogP contribution in [0.5, 0.6) is 0 Å².